The summed E-state index contributed by atoms with van der Waals surface area (Å²) >= 11 is 0. The normalized spacial score (nSPS) is 25.5. The molecule has 1 saturated heterocycles. The Morgan fingerprint density at radius 2 is 1.94 bits per heavy atom. The number of piperidine rings is 1. The molecule has 0 aromatic heterocycles. The fraction of sp³-hybridized carbons (Fsp3) is 0.500. The molecule has 1 aromatic rings. The van der Waals surface area contributed by atoms with Gasteiger partial charge in [0.25, 0.3) is 5.91 Å². The maximum Gasteiger partial charge on any atom is 0.251 e. The molecule has 90 valence electrons. The van der Waals surface area contributed by atoms with Crippen LogP contribution < -0.4 is 10.6 Å². The smallest absolute Gasteiger partial charge is 0.251 e. The molecule has 1 spiro atoms. The predicted octanol–water partition coefficient (Wildman–Crippen LogP) is 1.56. The molecule has 3 rings (SSSR count). The van der Waals surface area contributed by atoms with Gasteiger partial charge >= 0.3 is 0 Å². The van der Waals surface area contributed by atoms with Gasteiger partial charge in [-0.3, -0.25) is 4.79 Å². The lowest BCUT2D eigenvalue weighted by Crippen LogP contribution is -2.35. The van der Waals surface area contributed by atoms with Crippen molar-refractivity contribution in [2.75, 3.05) is 13.1 Å². The highest BCUT2D eigenvalue weighted by Gasteiger charge is 2.54. The molecule has 1 aliphatic heterocycles. The molecular formula is C14H18N2O. The van der Waals surface area contributed by atoms with Gasteiger partial charge in [0.2, 0.25) is 0 Å². The highest BCUT2D eigenvalue weighted by Crippen LogP contribution is 2.52. The summed E-state index contributed by atoms with van der Waals surface area (Å²) < 4.78 is 0. The van der Waals surface area contributed by atoms with Crippen LogP contribution in [0.5, 0.6) is 0 Å². The van der Waals surface area contributed by atoms with Crippen LogP contribution in [0.4, 0.5) is 0 Å². The molecule has 2 aliphatic rings. The SMILES string of the molecule is O=C(NC1CC12CCNCC2)c1ccccc1. The van der Waals surface area contributed by atoms with Gasteiger partial charge in [-0.1, -0.05) is 18.2 Å². The zero-order chi connectivity index (χ0) is 11.7. The Kier molecular flexibility index (Phi) is 2.63. The van der Waals surface area contributed by atoms with Crippen LogP contribution >= 0.6 is 0 Å². The van der Waals surface area contributed by atoms with E-state index in [0.717, 1.165) is 25.1 Å². The van der Waals surface area contributed by atoms with Crippen molar-refractivity contribution in [3.05, 3.63) is 35.9 Å². The van der Waals surface area contributed by atoms with E-state index in [9.17, 15) is 4.79 Å². The molecule has 1 aromatic carbocycles. The number of hydrogen-bond acceptors (Lipinski definition) is 2. The summed E-state index contributed by atoms with van der Waals surface area (Å²) in [5.74, 6) is 0.0750. The van der Waals surface area contributed by atoms with Crippen LogP contribution in [0.2, 0.25) is 0 Å². The van der Waals surface area contributed by atoms with Crippen molar-refractivity contribution in [3.63, 3.8) is 0 Å². The summed E-state index contributed by atoms with van der Waals surface area (Å²) in [6.07, 6.45) is 3.56. The Labute approximate surface area is 102 Å². The van der Waals surface area contributed by atoms with E-state index >= 15 is 0 Å². The first-order valence-electron chi connectivity index (χ1n) is 6.37. The molecule has 2 fully saturated rings. The van der Waals surface area contributed by atoms with Crippen molar-refractivity contribution in [1.82, 2.24) is 10.6 Å². The number of amides is 1. The lowest BCUT2D eigenvalue weighted by atomic mass is 9.94. The summed E-state index contributed by atoms with van der Waals surface area (Å²) in [5, 5.41) is 6.54. The number of rotatable bonds is 2. The van der Waals surface area contributed by atoms with Crippen molar-refractivity contribution in [2.24, 2.45) is 5.41 Å². The largest absolute Gasteiger partial charge is 0.349 e. The fourth-order valence-corrected chi connectivity index (χ4v) is 2.86. The van der Waals surface area contributed by atoms with Crippen LogP contribution in [0.1, 0.15) is 29.6 Å². The first-order valence-corrected chi connectivity index (χ1v) is 6.37. The second-order valence-corrected chi connectivity index (χ2v) is 5.21. The van der Waals surface area contributed by atoms with Crippen molar-refractivity contribution in [1.29, 1.82) is 0 Å². The van der Waals surface area contributed by atoms with Crippen LogP contribution in [0.25, 0.3) is 0 Å². The Bertz CT molecular complexity index is 409. The van der Waals surface area contributed by atoms with Crippen molar-refractivity contribution in [3.8, 4) is 0 Å². The summed E-state index contributed by atoms with van der Waals surface area (Å²) in [6.45, 7) is 2.19. The van der Waals surface area contributed by atoms with Crippen LogP contribution in [0.3, 0.4) is 0 Å². The van der Waals surface area contributed by atoms with Gasteiger partial charge in [-0.05, 0) is 49.9 Å². The number of benzene rings is 1. The van der Waals surface area contributed by atoms with Gasteiger partial charge < -0.3 is 10.6 Å². The Balaban J connectivity index is 1.60. The van der Waals surface area contributed by atoms with E-state index in [1.807, 2.05) is 30.3 Å². The van der Waals surface area contributed by atoms with E-state index < -0.39 is 0 Å². The maximum absolute atomic E-state index is 12.0. The molecule has 1 heterocycles. The summed E-state index contributed by atoms with van der Waals surface area (Å²) in [7, 11) is 0. The molecule has 1 aliphatic carbocycles. The van der Waals surface area contributed by atoms with Gasteiger partial charge in [-0.2, -0.15) is 0 Å². The lowest BCUT2D eigenvalue weighted by Gasteiger charge is -2.23. The van der Waals surface area contributed by atoms with Gasteiger partial charge in [0.15, 0.2) is 0 Å². The first-order chi connectivity index (χ1) is 8.30. The summed E-state index contributed by atoms with van der Waals surface area (Å²) in [4.78, 5) is 12.0. The quantitative estimate of drug-likeness (QED) is 0.809. The van der Waals surface area contributed by atoms with E-state index in [1.54, 1.807) is 0 Å². The molecule has 0 radical (unpaired) electrons. The van der Waals surface area contributed by atoms with Gasteiger partial charge in [0.1, 0.15) is 0 Å². The lowest BCUT2D eigenvalue weighted by molar-refractivity contribution is 0.0942. The highest BCUT2D eigenvalue weighted by molar-refractivity contribution is 5.94. The predicted molar refractivity (Wildman–Crippen MR) is 66.8 cm³/mol. The first kappa shape index (κ1) is 10.8. The highest BCUT2D eigenvalue weighted by atomic mass is 16.1. The van der Waals surface area contributed by atoms with Crippen molar-refractivity contribution < 1.29 is 4.79 Å². The van der Waals surface area contributed by atoms with Gasteiger partial charge in [0.05, 0.1) is 0 Å². The van der Waals surface area contributed by atoms with Crippen LogP contribution in [0, 0.1) is 5.41 Å². The van der Waals surface area contributed by atoms with E-state index in [2.05, 4.69) is 10.6 Å². The summed E-state index contributed by atoms with van der Waals surface area (Å²) in [6, 6.07) is 9.88. The minimum absolute atomic E-state index is 0.0750. The zero-order valence-electron chi connectivity index (χ0n) is 9.91. The van der Waals surface area contributed by atoms with Crippen molar-refractivity contribution >= 4 is 5.91 Å². The Hall–Kier alpha value is -1.35. The fourth-order valence-electron chi connectivity index (χ4n) is 2.86. The van der Waals surface area contributed by atoms with E-state index in [0.29, 0.717) is 11.5 Å². The van der Waals surface area contributed by atoms with Crippen LogP contribution in [0.15, 0.2) is 30.3 Å². The molecular weight excluding hydrogens is 212 g/mol. The second-order valence-electron chi connectivity index (χ2n) is 5.21. The van der Waals surface area contributed by atoms with E-state index in [1.165, 1.54) is 12.8 Å². The minimum atomic E-state index is 0.0750. The zero-order valence-corrected chi connectivity index (χ0v) is 9.91. The molecule has 2 N–H and O–H groups in total. The second kappa shape index (κ2) is 4.15. The molecule has 1 unspecified atom stereocenters. The number of hydrogen-bond donors (Lipinski definition) is 2. The number of carbonyl (C=O) groups excluding carboxylic acids is 1. The van der Waals surface area contributed by atoms with E-state index in [4.69, 9.17) is 0 Å². The molecule has 3 heteroatoms. The third-order valence-corrected chi connectivity index (χ3v) is 4.13. The molecule has 0 bridgehead atoms. The van der Waals surface area contributed by atoms with Gasteiger partial charge in [0, 0.05) is 11.6 Å². The third kappa shape index (κ3) is 2.07. The monoisotopic (exact) mass is 230 g/mol. The van der Waals surface area contributed by atoms with Gasteiger partial charge in [-0.25, -0.2) is 0 Å². The Morgan fingerprint density at radius 1 is 1.24 bits per heavy atom. The standard InChI is InChI=1S/C14H18N2O/c17-13(11-4-2-1-3-5-11)16-12-10-14(12)6-8-15-9-7-14/h1-5,12,15H,6-10H2,(H,16,17). The topological polar surface area (TPSA) is 41.1 Å². The average molecular weight is 230 g/mol. The number of nitrogens with one attached hydrogen (secondary N) is 2. The van der Waals surface area contributed by atoms with E-state index in [-0.39, 0.29) is 5.91 Å². The molecule has 3 nitrogen and oxygen atoms in total. The number of carbonyl (C=O) groups is 1. The molecule has 17 heavy (non-hydrogen) atoms. The van der Waals surface area contributed by atoms with Crippen LogP contribution in [-0.2, 0) is 0 Å². The molecule has 1 amide bonds. The van der Waals surface area contributed by atoms with Crippen LogP contribution in [-0.4, -0.2) is 25.0 Å². The maximum atomic E-state index is 12.0. The van der Waals surface area contributed by atoms with Crippen molar-refractivity contribution in [2.45, 2.75) is 25.3 Å². The summed E-state index contributed by atoms with van der Waals surface area (Å²) in [5.41, 5.74) is 1.18. The third-order valence-electron chi connectivity index (χ3n) is 4.13. The van der Waals surface area contributed by atoms with Gasteiger partial charge in [-0.15, -0.1) is 0 Å². The minimum Gasteiger partial charge on any atom is -0.349 e. The molecule has 1 saturated carbocycles. The molecule has 1 atom stereocenters. The average Bonchev–Trinajstić information content (AvgIpc) is 3.03. The Morgan fingerprint density at radius 3 is 2.65 bits per heavy atom.